The Bertz CT molecular complexity index is 361. The van der Waals surface area contributed by atoms with Gasteiger partial charge >= 0.3 is 0 Å². The summed E-state index contributed by atoms with van der Waals surface area (Å²) in [6.45, 7) is 5.81. The fourth-order valence-electron chi connectivity index (χ4n) is 1.78. The van der Waals surface area contributed by atoms with Crippen molar-refractivity contribution in [3.05, 3.63) is 23.8 Å². The summed E-state index contributed by atoms with van der Waals surface area (Å²) >= 11 is 0. The molecule has 4 heteroatoms. The van der Waals surface area contributed by atoms with Crippen LogP contribution in [0.25, 0.3) is 0 Å². The van der Waals surface area contributed by atoms with E-state index in [0.29, 0.717) is 5.56 Å². The zero-order chi connectivity index (χ0) is 13.1. The van der Waals surface area contributed by atoms with Gasteiger partial charge in [-0.1, -0.05) is 6.92 Å². The molecule has 1 aromatic carbocycles. The van der Waals surface area contributed by atoms with Gasteiger partial charge in [0.05, 0.1) is 12.1 Å². The standard InChI is InChI=1S/C13H21NO3/c1-4-9(2)14-13(3,8-15)10-5-11(16)7-12(17)6-10/h5-7,9,14-17H,4,8H2,1-3H3. The molecule has 0 aliphatic carbocycles. The van der Waals surface area contributed by atoms with E-state index in [2.05, 4.69) is 12.2 Å². The SMILES string of the molecule is CCC(C)NC(C)(CO)c1cc(O)cc(O)c1. The molecule has 2 atom stereocenters. The van der Waals surface area contributed by atoms with E-state index in [0.717, 1.165) is 6.42 Å². The third-order valence-electron chi connectivity index (χ3n) is 3.03. The van der Waals surface area contributed by atoms with Gasteiger partial charge in [0.15, 0.2) is 0 Å². The lowest BCUT2D eigenvalue weighted by atomic mass is 9.91. The maximum Gasteiger partial charge on any atom is 0.119 e. The summed E-state index contributed by atoms with van der Waals surface area (Å²) in [6.07, 6.45) is 0.931. The number of aliphatic hydroxyl groups is 1. The molecule has 0 bridgehead atoms. The number of nitrogens with one attached hydrogen (secondary N) is 1. The lowest BCUT2D eigenvalue weighted by Crippen LogP contribution is -2.47. The maximum atomic E-state index is 9.54. The molecule has 0 saturated heterocycles. The van der Waals surface area contributed by atoms with Gasteiger partial charge in [-0.05, 0) is 38.0 Å². The van der Waals surface area contributed by atoms with Crippen molar-refractivity contribution in [1.29, 1.82) is 0 Å². The summed E-state index contributed by atoms with van der Waals surface area (Å²) in [5.41, 5.74) is -0.0103. The second kappa shape index (κ2) is 5.38. The minimum Gasteiger partial charge on any atom is -0.508 e. The summed E-state index contributed by atoms with van der Waals surface area (Å²) in [4.78, 5) is 0. The van der Waals surface area contributed by atoms with Crippen molar-refractivity contribution in [3.63, 3.8) is 0 Å². The van der Waals surface area contributed by atoms with E-state index in [1.165, 1.54) is 6.07 Å². The number of hydrogen-bond acceptors (Lipinski definition) is 4. The molecule has 0 radical (unpaired) electrons. The van der Waals surface area contributed by atoms with Gasteiger partial charge < -0.3 is 20.6 Å². The number of hydrogen-bond donors (Lipinski definition) is 4. The molecule has 0 heterocycles. The number of aliphatic hydroxyl groups excluding tert-OH is 1. The van der Waals surface area contributed by atoms with Gasteiger partial charge in [0.25, 0.3) is 0 Å². The summed E-state index contributed by atoms with van der Waals surface area (Å²) in [7, 11) is 0. The molecule has 4 nitrogen and oxygen atoms in total. The molecule has 0 aliphatic heterocycles. The molecule has 4 N–H and O–H groups in total. The number of rotatable bonds is 5. The maximum absolute atomic E-state index is 9.54. The van der Waals surface area contributed by atoms with E-state index in [9.17, 15) is 15.3 Å². The highest BCUT2D eigenvalue weighted by atomic mass is 16.3. The van der Waals surface area contributed by atoms with Gasteiger partial charge in [-0.25, -0.2) is 0 Å². The van der Waals surface area contributed by atoms with E-state index in [-0.39, 0.29) is 24.1 Å². The summed E-state index contributed by atoms with van der Waals surface area (Å²) in [5.74, 6) is -0.0174. The Kier molecular flexibility index (Phi) is 4.37. The summed E-state index contributed by atoms with van der Waals surface area (Å²) in [6, 6.07) is 4.60. The number of benzene rings is 1. The van der Waals surface area contributed by atoms with Crippen LogP contribution in [0.1, 0.15) is 32.8 Å². The Morgan fingerprint density at radius 3 is 2.18 bits per heavy atom. The molecular weight excluding hydrogens is 218 g/mol. The molecule has 96 valence electrons. The molecule has 1 aromatic rings. The first-order chi connectivity index (χ1) is 7.91. The van der Waals surface area contributed by atoms with Crippen molar-refractivity contribution in [1.82, 2.24) is 5.32 Å². The topological polar surface area (TPSA) is 72.7 Å². The molecular formula is C13H21NO3. The van der Waals surface area contributed by atoms with Crippen molar-refractivity contribution in [2.24, 2.45) is 0 Å². The molecule has 2 unspecified atom stereocenters. The minimum absolute atomic E-state index is 0.00868. The predicted molar refractivity (Wildman–Crippen MR) is 67.1 cm³/mol. The minimum atomic E-state index is -0.675. The quantitative estimate of drug-likeness (QED) is 0.631. The summed E-state index contributed by atoms with van der Waals surface area (Å²) in [5, 5.41) is 31.8. The molecule has 17 heavy (non-hydrogen) atoms. The number of phenols is 2. The highest BCUT2D eigenvalue weighted by molar-refractivity contribution is 5.40. The van der Waals surface area contributed by atoms with E-state index in [1.54, 1.807) is 12.1 Å². The highest BCUT2D eigenvalue weighted by Crippen LogP contribution is 2.29. The van der Waals surface area contributed by atoms with Crippen molar-refractivity contribution in [2.45, 2.75) is 38.8 Å². The van der Waals surface area contributed by atoms with Crippen LogP contribution in [-0.2, 0) is 5.54 Å². The van der Waals surface area contributed by atoms with Crippen LogP contribution in [0.3, 0.4) is 0 Å². The van der Waals surface area contributed by atoms with Crippen molar-refractivity contribution in [3.8, 4) is 11.5 Å². The average Bonchev–Trinajstić information content (AvgIpc) is 2.27. The van der Waals surface area contributed by atoms with Gasteiger partial charge in [0, 0.05) is 12.1 Å². The lowest BCUT2D eigenvalue weighted by Gasteiger charge is -2.32. The third kappa shape index (κ3) is 3.35. The van der Waals surface area contributed by atoms with E-state index in [1.807, 2.05) is 13.8 Å². The first-order valence-electron chi connectivity index (χ1n) is 5.83. The smallest absolute Gasteiger partial charge is 0.119 e. The Morgan fingerprint density at radius 2 is 1.76 bits per heavy atom. The fraction of sp³-hybridized carbons (Fsp3) is 0.538. The van der Waals surface area contributed by atoms with Crippen LogP contribution in [0.5, 0.6) is 11.5 Å². The molecule has 0 aliphatic rings. The molecule has 0 amide bonds. The van der Waals surface area contributed by atoms with Crippen molar-refractivity contribution >= 4 is 0 Å². The molecule has 1 rings (SSSR count). The monoisotopic (exact) mass is 239 g/mol. The Labute approximate surface area is 102 Å². The second-order valence-electron chi connectivity index (χ2n) is 4.68. The number of phenolic OH excluding ortho intramolecular Hbond substituents is 2. The number of aromatic hydroxyl groups is 2. The largest absolute Gasteiger partial charge is 0.508 e. The third-order valence-corrected chi connectivity index (χ3v) is 3.03. The summed E-state index contributed by atoms with van der Waals surface area (Å²) < 4.78 is 0. The average molecular weight is 239 g/mol. The fourth-order valence-corrected chi connectivity index (χ4v) is 1.78. The zero-order valence-corrected chi connectivity index (χ0v) is 10.6. The van der Waals surface area contributed by atoms with Gasteiger partial charge in [0.1, 0.15) is 11.5 Å². The molecule has 0 aromatic heterocycles. The van der Waals surface area contributed by atoms with Crippen molar-refractivity contribution < 1.29 is 15.3 Å². The molecule has 0 fully saturated rings. The first kappa shape index (κ1) is 13.8. The van der Waals surface area contributed by atoms with Crippen LogP contribution in [0.4, 0.5) is 0 Å². The predicted octanol–water partition coefficient (Wildman–Crippen LogP) is 1.69. The van der Waals surface area contributed by atoms with Crippen LogP contribution < -0.4 is 5.32 Å². The second-order valence-corrected chi connectivity index (χ2v) is 4.68. The van der Waals surface area contributed by atoms with Gasteiger partial charge in [-0.2, -0.15) is 0 Å². The van der Waals surface area contributed by atoms with Crippen molar-refractivity contribution in [2.75, 3.05) is 6.61 Å². The highest BCUT2D eigenvalue weighted by Gasteiger charge is 2.27. The van der Waals surface area contributed by atoms with Gasteiger partial charge in [-0.3, -0.25) is 0 Å². The lowest BCUT2D eigenvalue weighted by molar-refractivity contribution is 0.162. The van der Waals surface area contributed by atoms with Crippen LogP contribution in [-0.4, -0.2) is 28.0 Å². The van der Waals surface area contributed by atoms with E-state index < -0.39 is 5.54 Å². The molecule has 0 spiro atoms. The van der Waals surface area contributed by atoms with E-state index >= 15 is 0 Å². The van der Waals surface area contributed by atoms with Crippen LogP contribution >= 0.6 is 0 Å². The zero-order valence-electron chi connectivity index (χ0n) is 10.6. The van der Waals surface area contributed by atoms with Crippen LogP contribution in [0.15, 0.2) is 18.2 Å². The Balaban J connectivity index is 3.06. The first-order valence-corrected chi connectivity index (χ1v) is 5.83. The Morgan fingerprint density at radius 1 is 1.24 bits per heavy atom. The van der Waals surface area contributed by atoms with E-state index in [4.69, 9.17) is 0 Å². The molecule has 0 saturated carbocycles. The van der Waals surface area contributed by atoms with Gasteiger partial charge in [0.2, 0.25) is 0 Å². The normalized spacial score (nSPS) is 16.5. The van der Waals surface area contributed by atoms with Gasteiger partial charge in [-0.15, -0.1) is 0 Å². The van der Waals surface area contributed by atoms with Crippen LogP contribution in [0, 0.1) is 0 Å². The Hall–Kier alpha value is -1.26. The van der Waals surface area contributed by atoms with Crippen LogP contribution in [0.2, 0.25) is 0 Å².